The van der Waals surface area contributed by atoms with Crippen LogP contribution in [-0.4, -0.2) is 17.9 Å². The summed E-state index contributed by atoms with van der Waals surface area (Å²) in [5.41, 5.74) is 9.32. The Morgan fingerprint density at radius 1 is 1.19 bits per heavy atom. The second kappa shape index (κ2) is 4.98. The normalized spacial score (nSPS) is 10.8. The van der Waals surface area contributed by atoms with E-state index in [1.54, 1.807) is 19.4 Å². The average molecular weight is 280 g/mol. The molecule has 106 valence electrons. The number of nitrogens with one attached hydrogen (secondary N) is 1. The molecule has 3 aromatic rings. The number of methoxy groups -OCH3 is 1. The first-order chi connectivity index (χ1) is 10.1. The van der Waals surface area contributed by atoms with E-state index in [1.807, 2.05) is 37.3 Å². The largest absolute Gasteiger partial charge is 0.496 e. The van der Waals surface area contributed by atoms with Gasteiger partial charge >= 0.3 is 0 Å². The van der Waals surface area contributed by atoms with Gasteiger partial charge in [0.25, 0.3) is 0 Å². The van der Waals surface area contributed by atoms with Crippen LogP contribution in [-0.2, 0) is 0 Å². The number of aromatic amines is 1. The Morgan fingerprint density at radius 2 is 1.95 bits per heavy atom. The van der Waals surface area contributed by atoms with E-state index in [-0.39, 0.29) is 5.78 Å². The summed E-state index contributed by atoms with van der Waals surface area (Å²) >= 11 is 0. The Labute approximate surface area is 122 Å². The molecule has 1 aromatic heterocycles. The highest BCUT2D eigenvalue weighted by atomic mass is 16.5. The molecule has 4 heteroatoms. The summed E-state index contributed by atoms with van der Waals surface area (Å²) in [4.78, 5) is 16.0. The lowest BCUT2D eigenvalue weighted by Crippen LogP contribution is -2.07. The minimum absolute atomic E-state index is 0.0960. The van der Waals surface area contributed by atoms with E-state index in [1.165, 1.54) is 0 Å². The number of carbonyl (C=O) groups excluding carboxylic acids is 1. The summed E-state index contributed by atoms with van der Waals surface area (Å²) in [7, 11) is 1.60. The zero-order valence-electron chi connectivity index (χ0n) is 11.9. The van der Waals surface area contributed by atoms with Gasteiger partial charge in [0.15, 0.2) is 5.78 Å². The molecule has 0 amide bonds. The number of ether oxygens (including phenoxy) is 1. The number of nitrogens with two attached hydrogens (primary N) is 1. The van der Waals surface area contributed by atoms with Crippen molar-refractivity contribution in [2.24, 2.45) is 0 Å². The predicted molar refractivity (Wildman–Crippen MR) is 83.9 cm³/mol. The van der Waals surface area contributed by atoms with Crippen molar-refractivity contribution >= 4 is 22.4 Å². The lowest BCUT2D eigenvalue weighted by molar-refractivity contribution is 0.104. The van der Waals surface area contributed by atoms with Crippen molar-refractivity contribution in [3.8, 4) is 5.75 Å². The lowest BCUT2D eigenvalue weighted by atomic mass is 9.97. The number of anilines is 1. The summed E-state index contributed by atoms with van der Waals surface area (Å²) in [5.74, 6) is 0.575. The quantitative estimate of drug-likeness (QED) is 0.571. The Kier molecular flexibility index (Phi) is 3.14. The van der Waals surface area contributed by atoms with Gasteiger partial charge in [-0.1, -0.05) is 18.2 Å². The fourth-order valence-electron chi connectivity index (χ4n) is 2.64. The molecule has 0 radical (unpaired) electrons. The summed E-state index contributed by atoms with van der Waals surface area (Å²) in [5, 5.41) is 0.785. The Hall–Kier alpha value is -2.75. The SMILES string of the molecule is COc1cccc2[nH]cc(C(=O)c3c(C)cccc3N)c12. The van der Waals surface area contributed by atoms with Crippen LogP contribution >= 0.6 is 0 Å². The first kappa shape index (κ1) is 13.2. The second-order valence-electron chi connectivity index (χ2n) is 4.95. The van der Waals surface area contributed by atoms with Crippen molar-refractivity contribution in [1.29, 1.82) is 0 Å². The monoisotopic (exact) mass is 280 g/mol. The summed E-state index contributed by atoms with van der Waals surface area (Å²) in [6.45, 7) is 1.88. The molecule has 0 atom stereocenters. The second-order valence-corrected chi connectivity index (χ2v) is 4.95. The van der Waals surface area contributed by atoms with Gasteiger partial charge in [0.2, 0.25) is 0 Å². The molecule has 3 N–H and O–H groups in total. The first-order valence-electron chi connectivity index (χ1n) is 6.67. The van der Waals surface area contributed by atoms with Crippen LogP contribution in [0.15, 0.2) is 42.6 Å². The van der Waals surface area contributed by atoms with Gasteiger partial charge in [-0.25, -0.2) is 0 Å². The molecule has 0 aliphatic heterocycles. The van der Waals surface area contributed by atoms with Crippen LogP contribution in [0.3, 0.4) is 0 Å². The predicted octanol–water partition coefficient (Wildman–Crippen LogP) is 3.30. The number of aryl methyl sites for hydroxylation is 1. The number of nitrogen functional groups attached to an aromatic ring is 1. The highest BCUT2D eigenvalue weighted by Crippen LogP contribution is 2.31. The molecule has 1 heterocycles. The molecule has 0 spiro atoms. The number of rotatable bonds is 3. The maximum Gasteiger partial charge on any atom is 0.197 e. The van der Waals surface area contributed by atoms with Crippen molar-refractivity contribution in [1.82, 2.24) is 4.98 Å². The number of carbonyl (C=O) groups is 1. The van der Waals surface area contributed by atoms with E-state index in [0.717, 1.165) is 16.5 Å². The zero-order valence-corrected chi connectivity index (χ0v) is 11.9. The van der Waals surface area contributed by atoms with Crippen molar-refractivity contribution in [2.75, 3.05) is 12.8 Å². The number of ketones is 1. The molecule has 21 heavy (non-hydrogen) atoms. The maximum atomic E-state index is 12.9. The third kappa shape index (κ3) is 2.05. The summed E-state index contributed by atoms with van der Waals surface area (Å²) in [6, 6.07) is 11.1. The van der Waals surface area contributed by atoms with Gasteiger partial charge in [-0.2, -0.15) is 0 Å². The molecule has 0 bridgehead atoms. The number of hydrogen-bond acceptors (Lipinski definition) is 3. The van der Waals surface area contributed by atoms with E-state index in [9.17, 15) is 4.79 Å². The molecular weight excluding hydrogens is 264 g/mol. The smallest absolute Gasteiger partial charge is 0.197 e. The minimum Gasteiger partial charge on any atom is -0.496 e. The van der Waals surface area contributed by atoms with Crippen molar-refractivity contribution in [3.63, 3.8) is 0 Å². The van der Waals surface area contributed by atoms with Crippen LogP contribution < -0.4 is 10.5 Å². The van der Waals surface area contributed by atoms with Crippen LogP contribution in [0.4, 0.5) is 5.69 Å². The van der Waals surface area contributed by atoms with Gasteiger partial charge < -0.3 is 15.5 Å². The molecule has 0 aliphatic rings. The van der Waals surface area contributed by atoms with Crippen LogP contribution in [0.1, 0.15) is 21.5 Å². The number of fused-ring (bicyclic) bond motifs is 1. The van der Waals surface area contributed by atoms with Gasteiger partial charge in [0, 0.05) is 23.0 Å². The highest BCUT2D eigenvalue weighted by Gasteiger charge is 2.20. The van der Waals surface area contributed by atoms with Gasteiger partial charge in [-0.15, -0.1) is 0 Å². The van der Waals surface area contributed by atoms with Crippen molar-refractivity contribution in [3.05, 3.63) is 59.3 Å². The molecule has 0 fully saturated rings. The Morgan fingerprint density at radius 3 is 2.67 bits per heavy atom. The standard InChI is InChI=1S/C17H16N2O2/c1-10-5-3-6-12(18)15(10)17(20)11-9-19-13-7-4-8-14(21-2)16(11)13/h3-9,19H,18H2,1-2H3. The first-order valence-corrected chi connectivity index (χ1v) is 6.67. The Bertz CT molecular complexity index is 814. The van der Waals surface area contributed by atoms with Gasteiger partial charge in [-0.05, 0) is 30.7 Å². The van der Waals surface area contributed by atoms with Gasteiger partial charge in [0.05, 0.1) is 18.1 Å². The minimum atomic E-state index is -0.0960. The maximum absolute atomic E-state index is 12.9. The van der Waals surface area contributed by atoms with E-state index in [4.69, 9.17) is 10.5 Å². The lowest BCUT2D eigenvalue weighted by Gasteiger charge is -2.09. The third-order valence-electron chi connectivity index (χ3n) is 3.66. The molecule has 0 saturated carbocycles. The van der Waals surface area contributed by atoms with E-state index >= 15 is 0 Å². The van der Waals surface area contributed by atoms with E-state index in [2.05, 4.69) is 4.98 Å². The number of benzene rings is 2. The van der Waals surface area contributed by atoms with Crippen molar-refractivity contribution < 1.29 is 9.53 Å². The molecule has 0 aliphatic carbocycles. The molecule has 2 aromatic carbocycles. The zero-order chi connectivity index (χ0) is 15.0. The highest BCUT2D eigenvalue weighted by molar-refractivity contribution is 6.20. The van der Waals surface area contributed by atoms with Crippen LogP contribution in [0.5, 0.6) is 5.75 Å². The molecule has 3 rings (SSSR count). The fourth-order valence-corrected chi connectivity index (χ4v) is 2.64. The molecule has 0 unspecified atom stereocenters. The van der Waals surface area contributed by atoms with E-state index in [0.29, 0.717) is 22.6 Å². The average Bonchev–Trinajstić information content (AvgIpc) is 2.90. The number of hydrogen-bond donors (Lipinski definition) is 2. The third-order valence-corrected chi connectivity index (χ3v) is 3.66. The van der Waals surface area contributed by atoms with Gasteiger partial charge in [-0.3, -0.25) is 4.79 Å². The summed E-state index contributed by atoms with van der Waals surface area (Å²) < 4.78 is 5.37. The van der Waals surface area contributed by atoms with E-state index < -0.39 is 0 Å². The Balaban J connectivity index is 2.24. The van der Waals surface area contributed by atoms with Crippen molar-refractivity contribution in [2.45, 2.75) is 6.92 Å². The molecule has 4 nitrogen and oxygen atoms in total. The summed E-state index contributed by atoms with van der Waals surface area (Å²) in [6.07, 6.45) is 1.71. The fraction of sp³-hybridized carbons (Fsp3) is 0.118. The number of H-pyrrole nitrogens is 1. The van der Waals surface area contributed by atoms with Gasteiger partial charge in [0.1, 0.15) is 5.75 Å². The van der Waals surface area contributed by atoms with Crippen LogP contribution in [0, 0.1) is 6.92 Å². The van der Waals surface area contributed by atoms with Crippen LogP contribution in [0.2, 0.25) is 0 Å². The topological polar surface area (TPSA) is 68.1 Å². The molecule has 0 saturated heterocycles. The van der Waals surface area contributed by atoms with Crippen LogP contribution in [0.25, 0.3) is 10.9 Å². The number of aromatic nitrogens is 1. The molecular formula is C17H16N2O2.